The Hall–Kier alpha value is -1.22. The first kappa shape index (κ1) is 9.86. The number of rotatable bonds is 2. The quantitative estimate of drug-likeness (QED) is 0.755. The van der Waals surface area contributed by atoms with Crippen LogP contribution in [0.1, 0.15) is 5.56 Å². The number of benzene rings is 1. The summed E-state index contributed by atoms with van der Waals surface area (Å²) in [5.74, 6) is -0.0643. The normalized spacial score (nSPS) is 9.69. The summed E-state index contributed by atoms with van der Waals surface area (Å²) in [6.45, 7) is 0. The first-order valence-corrected chi connectivity index (χ1v) is 4.19. The molecule has 70 valence electrons. The summed E-state index contributed by atoms with van der Waals surface area (Å²) in [6, 6.07) is 4.62. The Bertz CT molecular complexity index is 325. The van der Waals surface area contributed by atoms with Crippen LogP contribution in [0.2, 0.25) is 5.02 Å². The Kier molecular flexibility index (Phi) is 3.14. The minimum Gasteiger partial charge on any atom is -0.508 e. The zero-order chi connectivity index (χ0) is 9.84. The van der Waals surface area contributed by atoms with Crippen LogP contribution in [0.5, 0.6) is 5.75 Å². The predicted octanol–water partition coefficient (Wildman–Crippen LogP) is 1.33. The van der Waals surface area contributed by atoms with Crippen molar-refractivity contribution in [2.45, 2.75) is 6.42 Å². The Morgan fingerprint density at radius 3 is 2.92 bits per heavy atom. The van der Waals surface area contributed by atoms with Crippen LogP contribution in [0, 0.1) is 0 Å². The molecule has 1 amide bonds. The summed E-state index contributed by atoms with van der Waals surface area (Å²) in [4.78, 5) is 11.0. The van der Waals surface area contributed by atoms with Crippen LogP contribution in [0.25, 0.3) is 0 Å². The summed E-state index contributed by atoms with van der Waals surface area (Å²) < 4.78 is 0. The highest BCUT2D eigenvalue weighted by molar-refractivity contribution is 6.30. The number of phenolic OH excluding ortho intramolecular Hbond substituents is 1. The molecule has 4 heteroatoms. The molecule has 0 aliphatic carbocycles. The van der Waals surface area contributed by atoms with Crippen molar-refractivity contribution in [2.75, 3.05) is 7.05 Å². The van der Waals surface area contributed by atoms with E-state index in [2.05, 4.69) is 5.32 Å². The lowest BCUT2D eigenvalue weighted by Gasteiger charge is -2.03. The molecule has 3 nitrogen and oxygen atoms in total. The van der Waals surface area contributed by atoms with E-state index in [0.717, 1.165) is 0 Å². The first-order valence-electron chi connectivity index (χ1n) is 3.81. The van der Waals surface area contributed by atoms with E-state index in [4.69, 9.17) is 11.6 Å². The number of phenols is 1. The fraction of sp³-hybridized carbons (Fsp3) is 0.222. The topological polar surface area (TPSA) is 49.3 Å². The van der Waals surface area contributed by atoms with Crippen LogP contribution in [-0.4, -0.2) is 18.1 Å². The molecule has 2 N–H and O–H groups in total. The average molecular weight is 200 g/mol. The van der Waals surface area contributed by atoms with Crippen molar-refractivity contribution in [2.24, 2.45) is 0 Å². The van der Waals surface area contributed by atoms with E-state index < -0.39 is 0 Å². The molecular weight excluding hydrogens is 190 g/mol. The summed E-state index contributed by atoms with van der Waals surface area (Å²) in [5, 5.41) is 12.3. The summed E-state index contributed by atoms with van der Waals surface area (Å²) >= 11 is 5.70. The Morgan fingerprint density at radius 2 is 2.31 bits per heavy atom. The van der Waals surface area contributed by atoms with Crippen LogP contribution in [-0.2, 0) is 11.2 Å². The van der Waals surface area contributed by atoms with Gasteiger partial charge in [-0.1, -0.05) is 11.6 Å². The third-order valence-corrected chi connectivity index (χ3v) is 1.91. The van der Waals surface area contributed by atoms with E-state index in [1.807, 2.05) is 0 Å². The summed E-state index contributed by atoms with van der Waals surface area (Å²) in [6.07, 6.45) is 0.142. The van der Waals surface area contributed by atoms with Crippen molar-refractivity contribution in [3.05, 3.63) is 28.8 Å². The van der Waals surface area contributed by atoms with E-state index >= 15 is 0 Å². The van der Waals surface area contributed by atoms with Gasteiger partial charge >= 0.3 is 0 Å². The van der Waals surface area contributed by atoms with Gasteiger partial charge in [-0.15, -0.1) is 0 Å². The van der Waals surface area contributed by atoms with Crippen LogP contribution in [0.4, 0.5) is 0 Å². The maximum absolute atomic E-state index is 11.0. The Labute approximate surface area is 81.3 Å². The van der Waals surface area contributed by atoms with Gasteiger partial charge in [0, 0.05) is 17.6 Å². The van der Waals surface area contributed by atoms with Crippen molar-refractivity contribution < 1.29 is 9.90 Å². The van der Waals surface area contributed by atoms with Crippen LogP contribution in [0.3, 0.4) is 0 Å². The second-order valence-electron chi connectivity index (χ2n) is 2.62. The molecule has 0 radical (unpaired) electrons. The standard InChI is InChI=1S/C9H10ClNO2/c1-11-9(13)5-6-4-7(10)2-3-8(6)12/h2-4,12H,5H2,1H3,(H,11,13). The van der Waals surface area contributed by atoms with Crippen molar-refractivity contribution in [3.8, 4) is 5.75 Å². The van der Waals surface area contributed by atoms with Crippen LogP contribution < -0.4 is 5.32 Å². The van der Waals surface area contributed by atoms with Gasteiger partial charge in [0.1, 0.15) is 5.75 Å². The fourth-order valence-corrected chi connectivity index (χ4v) is 1.15. The molecule has 0 spiro atoms. The third-order valence-electron chi connectivity index (χ3n) is 1.67. The number of hydrogen-bond acceptors (Lipinski definition) is 2. The van der Waals surface area contributed by atoms with Gasteiger partial charge in [-0.3, -0.25) is 4.79 Å². The second-order valence-corrected chi connectivity index (χ2v) is 3.06. The molecule has 0 aliphatic rings. The number of carbonyl (C=O) groups is 1. The zero-order valence-electron chi connectivity index (χ0n) is 7.17. The average Bonchev–Trinajstić information content (AvgIpc) is 2.11. The fourth-order valence-electron chi connectivity index (χ4n) is 0.957. The molecule has 0 heterocycles. The van der Waals surface area contributed by atoms with E-state index in [0.29, 0.717) is 10.6 Å². The van der Waals surface area contributed by atoms with Crippen molar-refractivity contribution >= 4 is 17.5 Å². The smallest absolute Gasteiger partial charge is 0.224 e. The number of hydrogen-bond donors (Lipinski definition) is 2. The molecule has 0 aliphatic heterocycles. The van der Waals surface area contributed by atoms with E-state index in [-0.39, 0.29) is 18.1 Å². The minimum absolute atomic E-state index is 0.0907. The van der Waals surface area contributed by atoms with Gasteiger partial charge in [-0.25, -0.2) is 0 Å². The molecular formula is C9H10ClNO2. The maximum atomic E-state index is 11.0. The molecule has 1 aromatic carbocycles. The lowest BCUT2D eigenvalue weighted by Crippen LogP contribution is -2.19. The lowest BCUT2D eigenvalue weighted by atomic mass is 10.1. The summed E-state index contributed by atoms with van der Waals surface area (Å²) in [7, 11) is 1.55. The molecule has 0 atom stereocenters. The highest BCUT2D eigenvalue weighted by Crippen LogP contribution is 2.21. The van der Waals surface area contributed by atoms with E-state index in [1.165, 1.54) is 6.07 Å². The highest BCUT2D eigenvalue weighted by atomic mass is 35.5. The van der Waals surface area contributed by atoms with Crippen molar-refractivity contribution in [1.82, 2.24) is 5.32 Å². The molecule has 1 rings (SSSR count). The van der Waals surface area contributed by atoms with Gasteiger partial charge < -0.3 is 10.4 Å². The van der Waals surface area contributed by atoms with Gasteiger partial charge in [-0.05, 0) is 18.2 Å². The number of amides is 1. The summed E-state index contributed by atoms with van der Waals surface area (Å²) in [5.41, 5.74) is 0.534. The Balaban J connectivity index is 2.87. The molecule has 1 aromatic rings. The molecule has 13 heavy (non-hydrogen) atoms. The van der Waals surface area contributed by atoms with Gasteiger partial charge in [0.15, 0.2) is 0 Å². The number of nitrogens with one attached hydrogen (secondary N) is 1. The number of aromatic hydroxyl groups is 1. The third kappa shape index (κ3) is 2.63. The maximum Gasteiger partial charge on any atom is 0.224 e. The molecule has 0 saturated heterocycles. The predicted molar refractivity (Wildman–Crippen MR) is 50.9 cm³/mol. The highest BCUT2D eigenvalue weighted by Gasteiger charge is 2.06. The zero-order valence-corrected chi connectivity index (χ0v) is 7.93. The van der Waals surface area contributed by atoms with E-state index in [1.54, 1.807) is 19.2 Å². The van der Waals surface area contributed by atoms with Gasteiger partial charge in [0.2, 0.25) is 5.91 Å². The van der Waals surface area contributed by atoms with Gasteiger partial charge in [0.25, 0.3) is 0 Å². The molecule has 0 saturated carbocycles. The number of halogens is 1. The molecule has 0 unspecified atom stereocenters. The molecule has 0 fully saturated rings. The molecule has 0 bridgehead atoms. The number of likely N-dealkylation sites (N-methyl/N-ethyl adjacent to an activating group) is 1. The van der Waals surface area contributed by atoms with Crippen LogP contribution in [0.15, 0.2) is 18.2 Å². The lowest BCUT2D eigenvalue weighted by molar-refractivity contribution is -0.119. The molecule has 0 aromatic heterocycles. The van der Waals surface area contributed by atoms with Crippen LogP contribution >= 0.6 is 11.6 Å². The monoisotopic (exact) mass is 199 g/mol. The number of carbonyl (C=O) groups excluding carboxylic acids is 1. The van der Waals surface area contributed by atoms with Crippen molar-refractivity contribution in [3.63, 3.8) is 0 Å². The van der Waals surface area contributed by atoms with E-state index in [9.17, 15) is 9.90 Å². The first-order chi connectivity index (χ1) is 6.13. The SMILES string of the molecule is CNC(=O)Cc1cc(Cl)ccc1O. The largest absolute Gasteiger partial charge is 0.508 e. The Morgan fingerprint density at radius 1 is 1.62 bits per heavy atom. The van der Waals surface area contributed by atoms with Gasteiger partial charge in [0.05, 0.1) is 6.42 Å². The minimum atomic E-state index is -0.155. The van der Waals surface area contributed by atoms with Crippen molar-refractivity contribution in [1.29, 1.82) is 0 Å². The second kappa shape index (κ2) is 4.14. The van der Waals surface area contributed by atoms with Gasteiger partial charge in [-0.2, -0.15) is 0 Å².